The van der Waals surface area contributed by atoms with Gasteiger partial charge in [-0.05, 0) is 28.6 Å². The normalized spacial score (nSPS) is 10.2. The first kappa shape index (κ1) is 14.6. The summed E-state index contributed by atoms with van der Waals surface area (Å²) in [6.07, 6.45) is 1.30. The number of anilines is 1. The third kappa shape index (κ3) is 4.34. The largest absolute Gasteiger partial charge is 0.335 e. The lowest BCUT2D eigenvalue weighted by Crippen LogP contribution is -2.37. The molecule has 0 aliphatic carbocycles. The summed E-state index contributed by atoms with van der Waals surface area (Å²) in [6, 6.07) is 5.51. The van der Waals surface area contributed by atoms with E-state index in [0.717, 1.165) is 0 Å². The molecule has 9 heteroatoms. The number of nitrogens with one attached hydrogen (secondary N) is 1. The molecule has 0 fully saturated rings. The van der Waals surface area contributed by atoms with Crippen molar-refractivity contribution >= 4 is 17.5 Å². The molecule has 8 nitrogen and oxygen atoms in total. The van der Waals surface area contributed by atoms with Crippen molar-refractivity contribution in [3.05, 3.63) is 36.4 Å². The number of halogens is 1. The van der Waals surface area contributed by atoms with E-state index in [1.54, 1.807) is 6.07 Å². The molecule has 2 amide bonds. The predicted molar refractivity (Wildman–Crippen MR) is 70.5 cm³/mol. The minimum atomic E-state index is -0.448. The molecule has 0 bridgehead atoms. The lowest BCUT2D eigenvalue weighted by Gasteiger charge is -2.16. The Hall–Kier alpha value is -2.84. The second-order valence-electron chi connectivity index (χ2n) is 4.32. The quantitative estimate of drug-likeness (QED) is 0.831. The van der Waals surface area contributed by atoms with Gasteiger partial charge < -0.3 is 10.2 Å². The Balaban J connectivity index is 1.85. The zero-order valence-corrected chi connectivity index (χ0v) is 11.2. The van der Waals surface area contributed by atoms with Gasteiger partial charge in [0, 0.05) is 12.7 Å². The number of hydrogen-bond acceptors (Lipinski definition) is 5. The van der Waals surface area contributed by atoms with Crippen LogP contribution in [0.25, 0.3) is 0 Å². The minimum Gasteiger partial charge on any atom is -0.335 e. The van der Waals surface area contributed by atoms with Crippen LogP contribution in [0.15, 0.2) is 30.6 Å². The number of carbonyl (C=O) groups is 2. The highest BCUT2D eigenvalue weighted by Gasteiger charge is 2.14. The number of likely N-dealkylation sites (N-methyl/N-ethyl adjacent to an activating group) is 1. The maximum Gasteiger partial charge on any atom is 0.244 e. The number of amides is 2. The number of carbonyl (C=O) groups excluding carboxylic acids is 2. The Labute approximate surface area is 119 Å². The molecule has 110 valence electrons. The highest BCUT2D eigenvalue weighted by atomic mass is 19.1. The maximum atomic E-state index is 13.0. The number of nitrogens with zero attached hydrogens (tertiary/aromatic N) is 5. The summed E-state index contributed by atoms with van der Waals surface area (Å²) < 4.78 is 14.2. The topological polar surface area (TPSA) is 93.0 Å². The van der Waals surface area contributed by atoms with E-state index in [4.69, 9.17) is 0 Å². The Morgan fingerprint density at radius 2 is 2.24 bits per heavy atom. The molecule has 0 spiro atoms. The number of benzene rings is 1. The number of aromatic nitrogens is 4. The van der Waals surface area contributed by atoms with Crippen LogP contribution in [0, 0.1) is 5.82 Å². The molecule has 0 saturated carbocycles. The van der Waals surface area contributed by atoms with Crippen LogP contribution < -0.4 is 5.32 Å². The van der Waals surface area contributed by atoms with Gasteiger partial charge in [-0.2, -0.15) is 0 Å². The predicted octanol–water partition coefficient (Wildman–Crippen LogP) is -0.0907. The first-order chi connectivity index (χ1) is 10.0. The summed E-state index contributed by atoms with van der Waals surface area (Å²) >= 11 is 0. The van der Waals surface area contributed by atoms with Crippen LogP contribution in [0.2, 0.25) is 0 Å². The van der Waals surface area contributed by atoms with Crippen LogP contribution in [-0.2, 0) is 16.1 Å². The molecule has 0 aliphatic rings. The van der Waals surface area contributed by atoms with Crippen LogP contribution in [-0.4, -0.2) is 50.5 Å². The monoisotopic (exact) mass is 292 g/mol. The minimum absolute atomic E-state index is 0.0588. The van der Waals surface area contributed by atoms with Crippen LogP contribution in [0.4, 0.5) is 10.1 Å². The van der Waals surface area contributed by atoms with Gasteiger partial charge in [-0.15, -0.1) is 5.10 Å². The van der Waals surface area contributed by atoms with Gasteiger partial charge in [0.2, 0.25) is 11.8 Å². The molecule has 0 radical (unpaired) electrons. The lowest BCUT2D eigenvalue weighted by atomic mass is 10.3. The van der Waals surface area contributed by atoms with E-state index < -0.39 is 11.7 Å². The van der Waals surface area contributed by atoms with E-state index in [1.165, 1.54) is 41.2 Å². The molecule has 1 aromatic heterocycles. The van der Waals surface area contributed by atoms with Gasteiger partial charge in [-0.3, -0.25) is 9.59 Å². The molecule has 21 heavy (non-hydrogen) atoms. The third-order valence-electron chi connectivity index (χ3n) is 2.60. The van der Waals surface area contributed by atoms with Gasteiger partial charge in [0.1, 0.15) is 18.7 Å². The van der Waals surface area contributed by atoms with Crippen LogP contribution in [0.1, 0.15) is 0 Å². The van der Waals surface area contributed by atoms with Gasteiger partial charge in [0.05, 0.1) is 6.54 Å². The fourth-order valence-corrected chi connectivity index (χ4v) is 1.58. The SMILES string of the molecule is CN(CC(=O)Nc1cccc(F)c1)C(=O)Cn1cnnn1. The van der Waals surface area contributed by atoms with Crippen molar-refractivity contribution in [3.63, 3.8) is 0 Å². The highest BCUT2D eigenvalue weighted by Crippen LogP contribution is 2.08. The van der Waals surface area contributed by atoms with Gasteiger partial charge in [0.15, 0.2) is 0 Å². The van der Waals surface area contributed by atoms with Crippen molar-refractivity contribution in [1.82, 2.24) is 25.1 Å². The molecular formula is C12H13FN6O2. The van der Waals surface area contributed by atoms with Crippen LogP contribution >= 0.6 is 0 Å². The van der Waals surface area contributed by atoms with Crippen molar-refractivity contribution in [1.29, 1.82) is 0 Å². The zero-order valence-electron chi connectivity index (χ0n) is 11.2. The molecule has 2 aromatic rings. The van der Waals surface area contributed by atoms with E-state index in [2.05, 4.69) is 20.8 Å². The Kier molecular flexibility index (Phi) is 4.54. The Morgan fingerprint density at radius 1 is 1.43 bits per heavy atom. The zero-order chi connectivity index (χ0) is 15.2. The van der Waals surface area contributed by atoms with Gasteiger partial charge in [-0.25, -0.2) is 9.07 Å². The number of rotatable bonds is 5. The second-order valence-corrected chi connectivity index (χ2v) is 4.32. The van der Waals surface area contributed by atoms with E-state index in [0.29, 0.717) is 5.69 Å². The third-order valence-corrected chi connectivity index (χ3v) is 2.60. The van der Waals surface area contributed by atoms with E-state index >= 15 is 0 Å². The van der Waals surface area contributed by atoms with Gasteiger partial charge in [0.25, 0.3) is 0 Å². The van der Waals surface area contributed by atoms with Crippen molar-refractivity contribution in [2.24, 2.45) is 0 Å². The number of hydrogen-bond donors (Lipinski definition) is 1. The fourth-order valence-electron chi connectivity index (χ4n) is 1.58. The lowest BCUT2D eigenvalue weighted by molar-refractivity contribution is -0.134. The summed E-state index contributed by atoms with van der Waals surface area (Å²) in [6.45, 7) is -0.214. The fraction of sp³-hybridized carbons (Fsp3) is 0.250. The Morgan fingerprint density at radius 3 is 2.90 bits per heavy atom. The van der Waals surface area contributed by atoms with Crippen molar-refractivity contribution in [3.8, 4) is 0 Å². The van der Waals surface area contributed by atoms with Crippen molar-refractivity contribution < 1.29 is 14.0 Å². The van der Waals surface area contributed by atoms with E-state index in [1.807, 2.05) is 0 Å². The molecule has 0 unspecified atom stereocenters. The average molecular weight is 292 g/mol. The Bertz CT molecular complexity index is 630. The second kappa shape index (κ2) is 6.55. The molecule has 2 rings (SSSR count). The standard InChI is InChI=1S/C12H13FN6O2/c1-18(12(21)7-19-8-14-16-17-19)6-11(20)15-10-4-2-3-9(13)5-10/h2-5,8H,6-7H2,1H3,(H,15,20). The molecular weight excluding hydrogens is 279 g/mol. The molecule has 0 atom stereocenters. The van der Waals surface area contributed by atoms with Crippen molar-refractivity contribution in [2.45, 2.75) is 6.54 Å². The maximum absolute atomic E-state index is 13.0. The molecule has 1 N–H and O–H groups in total. The van der Waals surface area contributed by atoms with E-state index in [-0.39, 0.29) is 19.0 Å². The van der Waals surface area contributed by atoms with Crippen LogP contribution in [0.5, 0.6) is 0 Å². The van der Waals surface area contributed by atoms with Crippen molar-refractivity contribution in [2.75, 3.05) is 18.9 Å². The van der Waals surface area contributed by atoms with Gasteiger partial charge in [-0.1, -0.05) is 6.07 Å². The van der Waals surface area contributed by atoms with Crippen LogP contribution in [0.3, 0.4) is 0 Å². The molecule has 1 aromatic carbocycles. The highest BCUT2D eigenvalue weighted by molar-refractivity contribution is 5.94. The average Bonchev–Trinajstić information content (AvgIpc) is 2.91. The smallest absolute Gasteiger partial charge is 0.244 e. The molecule has 0 aliphatic heterocycles. The van der Waals surface area contributed by atoms with E-state index in [9.17, 15) is 14.0 Å². The number of tetrazole rings is 1. The summed E-state index contributed by atoms with van der Waals surface area (Å²) in [5.74, 6) is -1.19. The first-order valence-electron chi connectivity index (χ1n) is 6.05. The summed E-state index contributed by atoms with van der Waals surface area (Å²) in [5.41, 5.74) is 0.335. The molecule has 0 saturated heterocycles. The molecule has 1 heterocycles. The summed E-state index contributed by atoms with van der Waals surface area (Å²) in [4.78, 5) is 24.8. The summed E-state index contributed by atoms with van der Waals surface area (Å²) in [7, 11) is 1.48. The first-order valence-corrected chi connectivity index (χ1v) is 6.05. The van der Waals surface area contributed by atoms with Gasteiger partial charge >= 0.3 is 0 Å². The summed E-state index contributed by atoms with van der Waals surface area (Å²) in [5, 5.41) is 12.9.